The molecule has 2 aliphatic rings. The number of nitrogens with one attached hydrogen (secondary N) is 2. The van der Waals surface area contributed by atoms with Crippen LogP contribution in [0.25, 0.3) is 6.08 Å². The molecule has 28 heavy (non-hydrogen) atoms. The van der Waals surface area contributed by atoms with Crippen LogP contribution in [0.1, 0.15) is 56.9 Å². The number of ether oxygens (including phenoxy) is 1. The number of unbranched alkanes of at least 4 members (excludes halogenated alkanes) is 1. The number of amides is 4. The molecule has 3 rings (SSSR count). The highest BCUT2D eigenvalue weighted by atomic mass is 79.9. The number of hydrogen-bond donors (Lipinski definition) is 2. The van der Waals surface area contributed by atoms with Crippen LogP contribution in [0.2, 0.25) is 0 Å². The molecule has 150 valence electrons. The van der Waals surface area contributed by atoms with Gasteiger partial charge in [-0.1, -0.05) is 44.6 Å². The summed E-state index contributed by atoms with van der Waals surface area (Å²) in [5.41, 5.74) is 0.550. The molecule has 2 N–H and O–H groups in total. The van der Waals surface area contributed by atoms with Crippen molar-refractivity contribution in [2.24, 2.45) is 5.92 Å². The van der Waals surface area contributed by atoms with Gasteiger partial charge in [-0.25, -0.2) is 4.79 Å². The number of imide groups is 2. The van der Waals surface area contributed by atoms with Crippen LogP contribution in [-0.4, -0.2) is 24.5 Å². The summed E-state index contributed by atoms with van der Waals surface area (Å²) in [6.07, 6.45) is 11.9. The number of hydrogen-bond acceptors (Lipinski definition) is 4. The van der Waals surface area contributed by atoms with Crippen molar-refractivity contribution in [2.75, 3.05) is 6.61 Å². The van der Waals surface area contributed by atoms with E-state index in [1.165, 1.54) is 51.0 Å². The number of rotatable bonds is 7. The zero-order valence-electron chi connectivity index (χ0n) is 15.8. The second-order valence-electron chi connectivity index (χ2n) is 7.33. The monoisotopic (exact) mass is 448 g/mol. The summed E-state index contributed by atoms with van der Waals surface area (Å²) in [4.78, 5) is 34.7. The van der Waals surface area contributed by atoms with E-state index in [-0.39, 0.29) is 5.57 Å². The van der Waals surface area contributed by atoms with Gasteiger partial charge in [0.2, 0.25) is 0 Å². The fraction of sp³-hybridized carbons (Fsp3) is 0.476. The van der Waals surface area contributed by atoms with Gasteiger partial charge in [0.25, 0.3) is 11.8 Å². The summed E-state index contributed by atoms with van der Waals surface area (Å²) in [7, 11) is 0. The van der Waals surface area contributed by atoms with Gasteiger partial charge >= 0.3 is 6.03 Å². The number of urea groups is 1. The summed E-state index contributed by atoms with van der Waals surface area (Å²) >= 11 is 3.47. The van der Waals surface area contributed by atoms with E-state index in [4.69, 9.17) is 4.74 Å². The Morgan fingerprint density at radius 1 is 1.04 bits per heavy atom. The molecule has 1 heterocycles. The minimum atomic E-state index is -0.805. The molecule has 1 aliphatic heterocycles. The first-order valence-electron chi connectivity index (χ1n) is 9.83. The molecule has 0 bridgehead atoms. The Bertz CT molecular complexity index is 763. The third kappa shape index (κ3) is 5.67. The van der Waals surface area contributed by atoms with Gasteiger partial charge in [0.1, 0.15) is 11.3 Å². The van der Waals surface area contributed by atoms with Gasteiger partial charge < -0.3 is 4.74 Å². The van der Waals surface area contributed by atoms with Crippen LogP contribution in [0.4, 0.5) is 4.79 Å². The van der Waals surface area contributed by atoms with Gasteiger partial charge in [0, 0.05) is 0 Å². The number of carbonyl (C=O) groups is 3. The van der Waals surface area contributed by atoms with Crippen molar-refractivity contribution >= 4 is 39.9 Å². The SMILES string of the molecule is O=C1NC(=O)C(=Cc2ccc(OCCCCC3CCCCC3)c(Br)c2)C(=O)N1. The van der Waals surface area contributed by atoms with E-state index >= 15 is 0 Å². The minimum absolute atomic E-state index is 0.108. The second kappa shape index (κ2) is 9.87. The molecule has 0 aromatic heterocycles. The Morgan fingerprint density at radius 2 is 1.75 bits per heavy atom. The number of benzene rings is 1. The van der Waals surface area contributed by atoms with E-state index in [9.17, 15) is 14.4 Å². The second-order valence-corrected chi connectivity index (χ2v) is 8.19. The standard InChI is InChI=1S/C21H25BrN2O4/c22-17-13-15(12-16-19(25)23-21(27)24-20(16)26)9-10-18(17)28-11-5-4-8-14-6-2-1-3-7-14/h9-10,12-14H,1-8,11H2,(H2,23,24,25,26,27). The van der Waals surface area contributed by atoms with Crippen LogP contribution in [0, 0.1) is 5.92 Å². The fourth-order valence-corrected chi connectivity index (χ4v) is 4.20. The van der Waals surface area contributed by atoms with Crippen molar-refractivity contribution < 1.29 is 19.1 Å². The zero-order chi connectivity index (χ0) is 19.9. The van der Waals surface area contributed by atoms with Crippen LogP contribution in [0.5, 0.6) is 5.75 Å². The lowest BCUT2D eigenvalue weighted by Crippen LogP contribution is -2.51. The molecule has 6 nitrogen and oxygen atoms in total. The molecule has 1 aromatic carbocycles. The van der Waals surface area contributed by atoms with Crippen molar-refractivity contribution in [1.29, 1.82) is 0 Å². The van der Waals surface area contributed by atoms with Gasteiger partial charge in [-0.05, 0) is 58.5 Å². The molecule has 7 heteroatoms. The van der Waals surface area contributed by atoms with Gasteiger partial charge in [-0.15, -0.1) is 0 Å². The van der Waals surface area contributed by atoms with E-state index in [1.54, 1.807) is 18.2 Å². The first-order valence-corrected chi connectivity index (χ1v) is 10.6. The Morgan fingerprint density at radius 3 is 2.43 bits per heavy atom. The van der Waals surface area contributed by atoms with E-state index in [1.807, 2.05) is 0 Å². The van der Waals surface area contributed by atoms with Gasteiger partial charge in [-0.3, -0.25) is 20.2 Å². The lowest BCUT2D eigenvalue weighted by molar-refractivity contribution is -0.123. The Hall–Kier alpha value is -2.15. The predicted molar refractivity (Wildman–Crippen MR) is 110 cm³/mol. The summed E-state index contributed by atoms with van der Waals surface area (Å²) in [6, 6.07) is 4.55. The molecule has 1 saturated carbocycles. The highest BCUT2D eigenvalue weighted by molar-refractivity contribution is 9.10. The lowest BCUT2D eigenvalue weighted by Gasteiger charge is -2.21. The fourth-order valence-electron chi connectivity index (χ4n) is 3.69. The maximum absolute atomic E-state index is 11.8. The van der Waals surface area contributed by atoms with Crippen LogP contribution in [0.15, 0.2) is 28.2 Å². The lowest BCUT2D eigenvalue weighted by atomic mass is 9.86. The maximum atomic E-state index is 11.8. The smallest absolute Gasteiger partial charge is 0.328 e. The minimum Gasteiger partial charge on any atom is -0.492 e. The molecule has 1 aromatic rings. The van der Waals surface area contributed by atoms with Crippen LogP contribution < -0.4 is 15.4 Å². The first kappa shape index (κ1) is 20.6. The summed E-state index contributed by atoms with van der Waals surface area (Å²) < 4.78 is 6.61. The molecular formula is C21H25BrN2O4. The van der Waals surface area contributed by atoms with Crippen molar-refractivity contribution in [1.82, 2.24) is 10.6 Å². The average Bonchev–Trinajstić information content (AvgIpc) is 2.66. The number of carbonyl (C=O) groups excluding carboxylic acids is 3. The van der Waals surface area contributed by atoms with Crippen molar-refractivity contribution in [3.05, 3.63) is 33.8 Å². The molecule has 0 atom stereocenters. The summed E-state index contributed by atoms with van der Waals surface area (Å²) in [6.45, 7) is 0.665. The van der Waals surface area contributed by atoms with Gasteiger partial charge in [0.05, 0.1) is 11.1 Å². The third-order valence-electron chi connectivity index (χ3n) is 5.20. The molecule has 0 unspecified atom stereocenters. The highest BCUT2D eigenvalue weighted by Crippen LogP contribution is 2.29. The molecule has 2 fully saturated rings. The third-order valence-corrected chi connectivity index (χ3v) is 5.82. The van der Waals surface area contributed by atoms with E-state index in [2.05, 4.69) is 26.6 Å². The molecule has 1 aliphatic carbocycles. The van der Waals surface area contributed by atoms with E-state index in [0.717, 1.165) is 22.6 Å². The molecule has 1 saturated heterocycles. The Labute approximate surface area is 173 Å². The van der Waals surface area contributed by atoms with Crippen LogP contribution in [0.3, 0.4) is 0 Å². The highest BCUT2D eigenvalue weighted by Gasteiger charge is 2.27. The summed E-state index contributed by atoms with van der Waals surface area (Å²) in [5, 5.41) is 4.11. The van der Waals surface area contributed by atoms with Gasteiger partial charge in [0.15, 0.2) is 0 Å². The normalized spacial score (nSPS) is 17.9. The predicted octanol–water partition coefficient (Wildman–Crippen LogP) is 4.33. The van der Waals surface area contributed by atoms with E-state index < -0.39 is 17.8 Å². The zero-order valence-corrected chi connectivity index (χ0v) is 17.3. The quantitative estimate of drug-likeness (QED) is 0.369. The number of halogens is 1. The first-order chi connectivity index (χ1) is 13.5. The van der Waals surface area contributed by atoms with Crippen molar-refractivity contribution in [2.45, 2.75) is 51.4 Å². The van der Waals surface area contributed by atoms with Crippen molar-refractivity contribution in [3.8, 4) is 5.75 Å². The summed E-state index contributed by atoms with van der Waals surface area (Å²) in [5.74, 6) is 0.219. The average molecular weight is 449 g/mol. The van der Waals surface area contributed by atoms with Gasteiger partial charge in [-0.2, -0.15) is 0 Å². The van der Waals surface area contributed by atoms with Crippen LogP contribution >= 0.6 is 15.9 Å². The molecule has 4 amide bonds. The Balaban J connectivity index is 1.49. The topological polar surface area (TPSA) is 84.5 Å². The molecule has 0 spiro atoms. The largest absolute Gasteiger partial charge is 0.492 e. The van der Waals surface area contributed by atoms with E-state index in [0.29, 0.717) is 12.2 Å². The van der Waals surface area contributed by atoms with Crippen LogP contribution in [-0.2, 0) is 9.59 Å². The molecule has 0 radical (unpaired) electrons. The molecular weight excluding hydrogens is 424 g/mol. The van der Waals surface area contributed by atoms with Crippen molar-refractivity contribution in [3.63, 3.8) is 0 Å². The maximum Gasteiger partial charge on any atom is 0.328 e. The number of barbiturate groups is 1. The Kier molecular flexibility index (Phi) is 7.25.